The minimum atomic E-state index is -0.276. The highest BCUT2D eigenvalue weighted by Crippen LogP contribution is 2.34. The Labute approximate surface area is 188 Å². The van der Waals surface area contributed by atoms with Gasteiger partial charge in [-0.25, -0.2) is 14.4 Å². The highest BCUT2D eigenvalue weighted by Gasteiger charge is 2.16. The smallest absolute Gasteiger partial charge is 0.155 e. The largest absolute Gasteiger partial charge is 0.353 e. The first-order valence-electron chi connectivity index (χ1n) is 10.6. The summed E-state index contributed by atoms with van der Waals surface area (Å²) in [4.78, 5) is 16.9. The van der Waals surface area contributed by atoms with E-state index in [-0.39, 0.29) is 5.82 Å². The molecular weight excluding hydrogens is 417 g/mol. The van der Waals surface area contributed by atoms with Crippen LogP contribution in [0.3, 0.4) is 0 Å². The number of pyridine rings is 2. The molecule has 0 aliphatic carbocycles. The van der Waals surface area contributed by atoms with Gasteiger partial charge in [0.2, 0.25) is 0 Å². The number of aromatic amines is 2. The van der Waals surface area contributed by atoms with E-state index in [0.29, 0.717) is 5.65 Å². The molecule has 8 heteroatoms. The van der Waals surface area contributed by atoms with Crippen LogP contribution in [0.5, 0.6) is 0 Å². The Bertz CT molecular complexity index is 1650. The first kappa shape index (κ1) is 19.4. The van der Waals surface area contributed by atoms with Crippen molar-refractivity contribution in [3.05, 3.63) is 72.2 Å². The van der Waals surface area contributed by atoms with Crippen LogP contribution in [0.25, 0.3) is 55.8 Å². The number of hydrogen-bond acceptors (Lipinski definition) is 4. The van der Waals surface area contributed by atoms with E-state index in [9.17, 15) is 4.39 Å². The standard InChI is InChI=1S/C25H20FN7/c1-13-6-15(8-17(26)7-13)23-18-10-21(30-20(18)4-5-27-23)24-19-9-16(11-29-25(19)32-31-24)22-12-28-14(2)33(22)3/h4-12,30H,1-3H3,(H,29,31,32). The second kappa shape index (κ2) is 7.09. The van der Waals surface area contributed by atoms with Gasteiger partial charge in [-0.15, -0.1) is 0 Å². The molecule has 7 nitrogen and oxygen atoms in total. The van der Waals surface area contributed by atoms with Crippen LogP contribution in [-0.2, 0) is 7.05 Å². The van der Waals surface area contributed by atoms with Crippen LogP contribution < -0.4 is 0 Å². The van der Waals surface area contributed by atoms with Gasteiger partial charge in [-0.3, -0.25) is 10.1 Å². The van der Waals surface area contributed by atoms with Gasteiger partial charge in [-0.2, -0.15) is 5.10 Å². The third-order valence-electron chi connectivity index (χ3n) is 6.05. The van der Waals surface area contributed by atoms with Crippen LogP contribution >= 0.6 is 0 Å². The summed E-state index contributed by atoms with van der Waals surface area (Å²) in [5.74, 6) is 0.655. The van der Waals surface area contributed by atoms with E-state index in [1.54, 1.807) is 6.20 Å². The number of aromatic nitrogens is 7. The van der Waals surface area contributed by atoms with Crippen LogP contribution in [0, 0.1) is 19.7 Å². The predicted molar refractivity (Wildman–Crippen MR) is 126 cm³/mol. The average Bonchev–Trinajstić information content (AvgIpc) is 3.49. The number of benzene rings is 1. The predicted octanol–water partition coefficient (Wildman–Crippen LogP) is 5.32. The Kier molecular flexibility index (Phi) is 4.16. The topological polar surface area (TPSA) is 88.1 Å². The summed E-state index contributed by atoms with van der Waals surface area (Å²) in [6.45, 7) is 3.84. The van der Waals surface area contributed by atoms with Crippen molar-refractivity contribution >= 4 is 21.9 Å². The summed E-state index contributed by atoms with van der Waals surface area (Å²) in [5.41, 5.74) is 7.45. The molecule has 2 N–H and O–H groups in total. The monoisotopic (exact) mass is 437 g/mol. The number of H-pyrrole nitrogens is 2. The molecule has 0 atom stereocenters. The minimum absolute atomic E-state index is 0.276. The third-order valence-corrected chi connectivity index (χ3v) is 6.05. The number of hydrogen-bond donors (Lipinski definition) is 2. The highest BCUT2D eigenvalue weighted by molar-refractivity contribution is 5.99. The van der Waals surface area contributed by atoms with Crippen molar-refractivity contribution < 1.29 is 4.39 Å². The van der Waals surface area contributed by atoms with E-state index in [4.69, 9.17) is 0 Å². The Morgan fingerprint density at radius 1 is 0.879 bits per heavy atom. The molecule has 5 aromatic heterocycles. The van der Waals surface area contributed by atoms with Gasteiger partial charge < -0.3 is 9.55 Å². The third kappa shape index (κ3) is 3.10. The van der Waals surface area contributed by atoms with Crippen molar-refractivity contribution in [2.24, 2.45) is 7.05 Å². The SMILES string of the molecule is Cc1cc(F)cc(-c2nccc3[nH]c(-c4n[nH]c5ncc(-c6cnc(C)n6C)cc45)cc23)c1. The number of nitrogens with one attached hydrogen (secondary N) is 2. The molecular formula is C25H20FN7. The molecule has 6 rings (SSSR count). The summed E-state index contributed by atoms with van der Waals surface area (Å²) in [5, 5.41) is 9.35. The van der Waals surface area contributed by atoms with Crippen LogP contribution in [-0.4, -0.2) is 34.7 Å². The maximum Gasteiger partial charge on any atom is 0.155 e. The molecule has 1 aromatic carbocycles. The fourth-order valence-corrected chi connectivity index (χ4v) is 4.30. The lowest BCUT2D eigenvalue weighted by Crippen LogP contribution is -1.94. The Morgan fingerprint density at radius 2 is 1.76 bits per heavy atom. The van der Waals surface area contributed by atoms with E-state index in [2.05, 4.69) is 36.2 Å². The van der Waals surface area contributed by atoms with Gasteiger partial charge >= 0.3 is 0 Å². The van der Waals surface area contributed by atoms with E-state index in [0.717, 1.165) is 61.6 Å². The molecule has 0 saturated carbocycles. The molecule has 0 amide bonds. The van der Waals surface area contributed by atoms with E-state index >= 15 is 0 Å². The Morgan fingerprint density at radius 3 is 2.55 bits per heavy atom. The van der Waals surface area contributed by atoms with Crippen LogP contribution in [0.2, 0.25) is 0 Å². The lowest BCUT2D eigenvalue weighted by Gasteiger charge is -2.04. The average molecular weight is 437 g/mol. The molecule has 0 bridgehead atoms. The highest BCUT2D eigenvalue weighted by atomic mass is 19.1. The van der Waals surface area contributed by atoms with Gasteiger partial charge in [0.1, 0.15) is 17.3 Å². The molecule has 0 saturated heterocycles. The maximum atomic E-state index is 14.1. The number of halogens is 1. The molecule has 6 aromatic rings. The Balaban J connectivity index is 1.52. The van der Waals surface area contributed by atoms with E-state index in [1.165, 1.54) is 12.1 Å². The van der Waals surface area contributed by atoms with E-state index in [1.807, 2.05) is 56.1 Å². The summed E-state index contributed by atoms with van der Waals surface area (Å²) >= 11 is 0. The summed E-state index contributed by atoms with van der Waals surface area (Å²) in [7, 11) is 1.98. The number of fused-ring (bicyclic) bond motifs is 2. The quantitative estimate of drug-likeness (QED) is 0.392. The lowest BCUT2D eigenvalue weighted by molar-refractivity contribution is 0.627. The number of aryl methyl sites for hydroxylation is 2. The van der Waals surface area contributed by atoms with Crippen molar-refractivity contribution in [1.29, 1.82) is 0 Å². The Hall–Kier alpha value is -4.33. The molecule has 33 heavy (non-hydrogen) atoms. The number of nitrogens with zero attached hydrogens (tertiary/aromatic N) is 5. The van der Waals surface area contributed by atoms with Crippen molar-refractivity contribution in [2.75, 3.05) is 0 Å². The van der Waals surface area contributed by atoms with Crippen molar-refractivity contribution in [1.82, 2.24) is 34.7 Å². The fourth-order valence-electron chi connectivity index (χ4n) is 4.30. The van der Waals surface area contributed by atoms with Gasteiger partial charge in [0.15, 0.2) is 5.65 Å². The zero-order valence-electron chi connectivity index (χ0n) is 18.3. The molecule has 0 unspecified atom stereocenters. The van der Waals surface area contributed by atoms with E-state index < -0.39 is 0 Å². The van der Waals surface area contributed by atoms with Gasteiger partial charge in [0.05, 0.1) is 23.3 Å². The lowest BCUT2D eigenvalue weighted by atomic mass is 10.0. The first-order chi connectivity index (χ1) is 16.0. The summed E-state index contributed by atoms with van der Waals surface area (Å²) in [6, 6.07) is 10.9. The first-order valence-corrected chi connectivity index (χ1v) is 10.6. The van der Waals surface area contributed by atoms with Crippen LogP contribution in [0.15, 0.2) is 55.0 Å². The minimum Gasteiger partial charge on any atom is -0.353 e. The van der Waals surface area contributed by atoms with Gasteiger partial charge in [0.25, 0.3) is 0 Å². The molecule has 5 heterocycles. The summed E-state index contributed by atoms with van der Waals surface area (Å²) < 4.78 is 16.1. The van der Waals surface area contributed by atoms with Crippen LogP contribution in [0.4, 0.5) is 4.39 Å². The van der Waals surface area contributed by atoms with Crippen molar-refractivity contribution in [2.45, 2.75) is 13.8 Å². The molecule has 0 fully saturated rings. The molecule has 162 valence electrons. The zero-order chi connectivity index (χ0) is 22.7. The number of imidazole rings is 1. The van der Waals surface area contributed by atoms with Crippen LogP contribution in [0.1, 0.15) is 11.4 Å². The van der Waals surface area contributed by atoms with Crippen molar-refractivity contribution in [3.8, 4) is 33.9 Å². The molecule has 0 spiro atoms. The normalized spacial score (nSPS) is 11.6. The molecule has 0 aliphatic heterocycles. The molecule has 0 radical (unpaired) electrons. The van der Waals surface area contributed by atoms with Gasteiger partial charge in [-0.05, 0) is 55.8 Å². The molecule has 0 aliphatic rings. The second-order valence-electron chi connectivity index (χ2n) is 8.26. The van der Waals surface area contributed by atoms with Gasteiger partial charge in [0, 0.05) is 46.9 Å². The zero-order valence-corrected chi connectivity index (χ0v) is 18.3. The maximum absolute atomic E-state index is 14.1. The van der Waals surface area contributed by atoms with Crippen molar-refractivity contribution in [3.63, 3.8) is 0 Å². The number of rotatable bonds is 3. The van der Waals surface area contributed by atoms with Gasteiger partial charge in [-0.1, -0.05) is 0 Å². The second-order valence-corrected chi connectivity index (χ2v) is 8.26. The summed E-state index contributed by atoms with van der Waals surface area (Å²) in [6.07, 6.45) is 5.39. The fraction of sp³-hybridized carbons (Fsp3) is 0.120.